The minimum absolute atomic E-state index is 0.00451. The summed E-state index contributed by atoms with van der Waals surface area (Å²) >= 11 is 0. The number of benzene rings is 1. The molecule has 2 rings (SSSR count). The van der Waals surface area contributed by atoms with Gasteiger partial charge in [0.25, 0.3) is 0 Å². The quantitative estimate of drug-likeness (QED) is 0.607. The molecule has 0 bridgehead atoms. The zero-order valence-electron chi connectivity index (χ0n) is 17.0. The molecule has 0 aliphatic carbocycles. The average Bonchev–Trinajstić information content (AvgIpc) is 3.02. The number of Topliss-reactive ketones (excluding diaryl/α,β-unsaturated/α-hetero) is 2. The third-order valence-corrected chi connectivity index (χ3v) is 4.54. The summed E-state index contributed by atoms with van der Waals surface area (Å²) in [7, 11) is 2.99. The predicted octanol–water partition coefficient (Wildman–Crippen LogP) is 2.90. The van der Waals surface area contributed by atoms with Crippen LogP contribution >= 0.6 is 0 Å². The van der Waals surface area contributed by atoms with Gasteiger partial charge in [0, 0.05) is 17.9 Å². The highest BCUT2D eigenvalue weighted by Crippen LogP contribution is 2.38. The Morgan fingerprint density at radius 2 is 1.75 bits per heavy atom. The van der Waals surface area contributed by atoms with Gasteiger partial charge in [0.15, 0.2) is 23.9 Å². The number of aromatic nitrogens is 1. The lowest BCUT2D eigenvalue weighted by molar-refractivity contribution is 0.0911. The molecule has 7 nitrogen and oxygen atoms in total. The molecule has 0 radical (unpaired) electrons. The van der Waals surface area contributed by atoms with E-state index < -0.39 is 0 Å². The fourth-order valence-electron chi connectivity index (χ4n) is 3.30. The highest BCUT2D eigenvalue weighted by molar-refractivity contribution is 6.04. The van der Waals surface area contributed by atoms with Crippen molar-refractivity contribution in [2.75, 3.05) is 27.4 Å². The number of carbonyl (C=O) groups excluding carboxylic acids is 2. The Balaban J connectivity index is 2.30. The summed E-state index contributed by atoms with van der Waals surface area (Å²) in [6, 6.07) is 3.48. The van der Waals surface area contributed by atoms with Gasteiger partial charge in [-0.15, -0.1) is 0 Å². The van der Waals surface area contributed by atoms with Crippen molar-refractivity contribution < 1.29 is 28.9 Å². The van der Waals surface area contributed by atoms with Crippen molar-refractivity contribution in [1.82, 2.24) is 4.98 Å². The zero-order chi connectivity index (χ0) is 20.8. The largest absolute Gasteiger partial charge is 0.493 e. The Morgan fingerprint density at radius 3 is 2.21 bits per heavy atom. The second-order valence-corrected chi connectivity index (χ2v) is 6.40. The van der Waals surface area contributed by atoms with E-state index in [0.29, 0.717) is 52.6 Å². The van der Waals surface area contributed by atoms with Crippen molar-refractivity contribution in [3.05, 3.63) is 40.2 Å². The van der Waals surface area contributed by atoms with E-state index in [9.17, 15) is 9.59 Å². The molecular weight excluding hydrogens is 362 g/mol. The molecule has 152 valence electrons. The molecule has 0 fully saturated rings. The van der Waals surface area contributed by atoms with Crippen molar-refractivity contribution in [2.24, 2.45) is 0 Å². The number of nitrogens with one attached hydrogen (secondary N) is 1. The summed E-state index contributed by atoms with van der Waals surface area (Å²) < 4.78 is 16.5. The second-order valence-electron chi connectivity index (χ2n) is 6.40. The van der Waals surface area contributed by atoms with Gasteiger partial charge in [-0.05, 0) is 49.9 Å². The Kier molecular flexibility index (Phi) is 7.23. The summed E-state index contributed by atoms with van der Waals surface area (Å²) in [5.74, 6) is 0.800. The van der Waals surface area contributed by atoms with Gasteiger partial charge in [-0.25, -0.2) is 0 Å². The number of aliphatic hydroxyl groups excluding tert-OH is 1. The molecule has 7 heteroatoms. The molecule has 0 saturated heterocycles. The molecule has 1 heterocycles. The molecule has 0 unspecified atom stereocenters. The first kappa shape index (κ1) is 21.5. The van der Waals surface area contributed by atoms with E-state index in [1.807, 2.05) is 6.92 Å². The van der Waals surface area contributed by atoms with Crippen molar-refractivity contribution in [3.63, 3.8) is 0 Å². The van der Waals surface area contributed by atoms with Crippen LogP contribution < -0.4 is 14.2 Å². The predicted molar refractivity (Wildman–Crippen MR) is 105 cm³/mol. The number of aromatic amines is 1. The van der Waals surface area contributed by atoms with Crippen molar-refractivity contribution in [1.29, 1.82) is 0 Å². The number of hydrogen-bond donors (Lipinski definition) is 2. The smallest absolute Gasteiger partial charge is 0.216 e. The van der Waals surface area contributed by atoms with Crippen LogP contribution in [0.3, 0.4) is 0 Å². The number of carbonyl (C=O) groups is 2. The topological polar surface area (TPSA) is 97.8 Å². The first-order chi connectivity index (χ1) is 13.4. The first-order valence-electron chi connectivity index (χ1n) is 9.11. The lowest BCUT2D eigenvalue weighted by Gasteiger charge is -2.15. The summed E-state index contributed by atoms with van der Waals surface area (Å²) in [4.78, 5) is 27.7. The van der Waals surface area contributed by atoms with Crippen LogP contribution in [0.4, 0.5) is 0 Å². The van der Waals surface area contributed by atoms with E-state index in [-0.39, 0.29) is 24.8 Å². The Morgan fingerprint density at radius 1 is 1.14 bits per heavy atom. The monoisotopic (exact) mass is 389 g/mol. The van der Waals surface area contributed by atoms with E-state index in [4.69, 9.17) is 19.3 Å². The van der Waals surface area contributed by atoms with E-state index >= 15 is 0 Å². The Bertz CT molecular complexity index is 843. The lowest BCUT2D eigenvalue weighted by Crippen LogP contribution is -2.15. The van der Waals surface area contributed by atoms with Gasteiger partial charge in [-0.3, -0.25) is 9.59 Å². The van der Waals surface area contributed by atoms with Gasteiger partial charge in [-0.2, -0.15) is 0 Å². The maximum atomic E-state index is 12.8. The van der Waals surface area contributed by atoms with Crippen LogP contribution in [0.1, 0.15) is 51.5 Å². The molecule has 2 aromatic rings. The summed E-state index contributed by atoms with van der Waals surface area (Å²) in [5, 5.41) is 9.15. The number of aryl methyl sites for hydroxylation is 1. The SMILES string of the molecule is CCc1c(C(=O)COc2c(OC)cc(CCO)cc2OC)[nH]c(C)c1C(C)=O. The lowest BCUT2D eigenvalue weighted by atomic mass is 10.0. The van der Waals surface area contributed by atoms with Crippen LogP contribution in [-0.2, 0) is 12.8 Å². The average molecular weight is 389 g/mol. The Labute approximate surface area is 164 Å². The normalized spacial score (nSPS) is 10.6. The van der Waals surface area contributed by atoms with Crippen molar-refractivity contribution in [2.45, 2.75) is 33.6 Å². The number of aliphatic hydroxyl groups is 1. The van der Waals surface area contributed by atoms with Gasteiger partial charge in [0.2, 0.25) is 11.5 Å². The van der Waals surface area contributed by atoms with Crippen LogP contribution in [0.2, 0.25) is 0 Å². The zero-order valence-corrected chi connectivity index (χ0v) is 17.0. The van der Waals surface area contributed by atoms with Crippen molar-refractivity contribution >= 4 is 11.6 Å². The molecule has 1 aromatic carbocycles. The fourth-order valence-corrected chi connectivity index (χ4v) is 3.30. The number of rotatable bonds is 10. The minimum Gasteiger partial charge on any atom is -0.493 e. The number of methoxy groups -OCH3 is 2. The van der Waals surface area contributed by atoms with Gasteiger partial charge in [0.05, 0.1) is 19.9 Å². The number of H-pyrrole nitrogens is 1. The van der Waals surface area contributed by atoms with E-state index in [0.717, 1.165) is 5.56 Å². The second kappa shape index (κ2) is 9.41. The number of ether oxygens (including phenoxy) is 3. The third-order valence-electron chi connectivity index (χ3n) is 4.54. The molecule has 0 spiro atoms. The molecule has 0 aliphatic heterocycles. The maximum Gasteiger partial charge on any atom is 0.216 e. The summed E-state index contributed by atoms with van der Waals surface area (Å²) in [6.45, 7) is 4.92. The van der Waals surface area contributed by atoms with E-state index in [1.54, 1.807) is 19.1 Å². The van der Waals surface area contributed by atoms with Crippen LogP contribution in [0.25, 0.3) is 0 Å². The highest BCUT2D eigenvalue weighted by atomic mass is 16.5. The molecular formula is C21H27NO6. The van der Waals surface area contributed by atoms with Crippen LogP contribution in [0.5, 0.6) is 17.2 Å². The third kappa shape index (κ3) is 4.36. The summed E-state index contributed by atoms with van der Waals surface area (Å²) in [6.07, 6.45) is 1.00. The molecule has 0 aliphatic rings. The molecule has 2 N–H and O–H groups in total. The van der Waals surface area contributed by atoms with Crippen LogP contribution in [0, 0.1) is 6.92 Å². The molecule has 0 saturated carbocycles. The number of ketones is 2. The van der Waals surface area contributed by atoms with Gasteiger partial charge >= 0.3 is 0 Å². The Hall–Kier alpha value is -2.80. The highest BCUT2D eigenvalue weighted by Gasteiger charge is 2.23. The number of hydrogen-bond acceptors (Lipinski definition) is 6. The van der Waals surface area contributed by atoms with Crippen LogP contribution in [0.15, 0.2) is 12.1 Å². The maximum absolute atomic E-state index is 12.8. The first-order valence-corrected chi connectivity index (χ1v) is 9.11. The standard InChI is InChI=1S/C21H27NO6/c1-6-15-19(13(3)24)12(2)22-20(15)16(25)11-28-21-17(26-4)9-14(7-8-23)10-18(21)27-5/h9-10,22-23H,6-8,11H2,1-5H3. The molecule has 1 aromatic heterocycles. The van der Waals surface area contributed by atoms with Crippen molar-refractivity contribution in [3.8, 4) is 17.2 Å². The van der Waals surface area contributed by atoms with Gasteiger partial charge in [0.1, 0.15) is 0 Å². The molecule has 0 atom stereocenters. The summed E-state index contributed by atoms with van der Waals surface area (Å²) in [5.41, 5.74) is 3.16. The molecule has 0 amide bonds. The van der Waals surface area contributed by atoms with Gasteiger partial charge in [-0.1, -0.05) is 6.92 Å². The van der Waals surface area contributed by atoms with Gasteiger partial charge < -0.3 is 24.3 Å². The minimum atomic E-state index is -0.268. The van der Waals surface area contributed by atoms with E-state index in [2.05, 4.69) is 4.98 Å². The van der Waals surface area contributed by atoms with E-state index in [1.165, 1.54) is 21.1 Å². The fraction of sp³-hybridized carbons (Fsp3) is 0.429. The van der Waals surface area contributed by atoms with Crippen LogP contribution in [-0.4, -0.2) is 49.1 Å². The molecule has 28 heavy (non-hydrogen) atoms.